The fourth-order valence-corrected chi connectivity index (χ4v) is 2.94. The Kier molecular flexibility index (Phi) is 3.52. The Hall–Kier alpha value is -1.40. The Morgan fingerprint density at radius 2 is 2.37 bits per heavy atom. The van der Waals surface area contributed by atoms with Crippen LogP contribution < -0.4 is 16.4 Å². The zero-order valence-electron chi connectivity index (χ0n) is 11.4. The number of hydrogen-bond donors (Lipinski definition) is 3. The molecular weight excluding hydrogens is 240 g/mol. The highest BCUT2D eigenvalue weighted by atomic mass is 15.1. The van der Waals surface area contributed by atoms with Gasteiger partial charge in [0.2, 0.25) is 5.95 Å². The molecule has 0 bridgehead atoms. The Labute approximate surface area is 113 Å². The normalized spacial score (nSPS) is 23.3. The summed E-state index contributed by atoms with van der Waals surface area (Å²) in [4.78, 5) is 11.1. The molecule has 3 heterocycles. The minimum atomic E-state index is 0.381. The quantitative estimate of drug-likeness (QED) is 0.715. The summed E-state index contributed by atoms with van der Waals surface area (Å²) in [6.45, 7) is 5.12. The zero-order chi connectivity index (χ0) is 13.2. The molecule has 2 aliphatic rings. The van der Waals surface area contributed by atoms with Gasteiger partial charge in [-0.25, -0.2) is 4.98 Å². The molecule has 104 valence electrons. The minimum Gasteiger partial charge on any atom is -0.369 e. The van der Waals surface area contributed by atoms with Crippen LogP contribution in [0.5, 0.6) is 0 Å². The Balaban J connectivity index is 1.71. The first kappa shape index (κ1) is 12.6. The molecule has 0 spiro atoms. The molecule has 3 rings (SSSR count). The summed E-state index contributed by atoms with van der Waals surface area (Å²) in [6.07, 6.45) is 2.19. The smallest absolute Gasteiger partial charge is 0.222 e. The lowest BCUT2D eigenvalue weighted by Crippen LogP contribution is -2.28. The van der Waals surface area contributed by atoms with E-state index in [-0.39, 0.29) is 0 Å². The van der Waals surface area contributed by atoms with Crippen molar-refractivity contribution in [3.63, 3.8) is 0 Å². The van der Waals surface area contributed by atoms with Gasteiger partial charge in [0.25, 0.3) is 0 Å². The number of likely N-dealkylation sites (tertiary alicyclic amines) is 1. The van der Waals surface area contributed by atoms with Gasteiger partial charge in [-0.3, -0.25) is 0 Å². The van der Waals surface area contributed by atoms with Crippen LogP contribution in [-0.4, -0.2) is 48.1 Å². The summed E-state index contributed by atoms with van der Waals surface area (Å²) in [5, 5.41) is 6.85. The molecule has 6 nitrogen and oxygen atoms in total. The van der Waals surface area contributed by atoms with Crippen LogP contribution in [0.1, 0.15) is 17.7 Å². The largest absolute Gasteiger partial charge is 0.369 e. The van der Waals surface area contributed by atoms with Crippen LogP contribution in [-0.2, 0) is 13.0 Å². The van der Waals surface area contributed by atoms with Gasteiger partial charge in [0.05, 0.1) is 5.69 Å². The van der Waals surface area contributed by atoms with Gasteiger partial charge in [-0.15, -0.1) is 0 Å². The molecule has 1 unspecified atom stereocenters. The van der Waals surface area contributed by atoms with Crippen LogP contribution in [0.25, 0.3) is 0 Å². The number of fused-ring (bicyclic) bond motifs is 1. The number of nitrogens with two attached hydrogens (primary N) is 1. The van der Waals surface area contributed by atoms with E-state index in [1.807, 2.05) is 0 Å². The zero-order valence-corrected chi connectivity index (χ0v) is 11.4. The van der Waals surface area contributed by atoms with E-state index in [1.165, 1.54) is 18.5 Å². The number of aromatic nitrogens is 2. The van der Waals surface area contributed by atoms with Crippen LogP contribution in [0.4, 0.5) is 11.8 Å². The summed E-state index contributed by atoms with van der Waals surface area (Å²) >= 11 is 0. The Morgan fingerprint density at radius 1 is 1.47 bits per heavy atom. The first-order valence-corrected chi connectivity index (χ1v) is 7.01. The number of rotatable bonds is 3. The maximum Gasteiger partial charge on any atom is 0.222 e. The molecule has 0 aromatic carbocycles. The SMILES string of the molecule is CN1CCC(CNc2nc(N)nc3c2CNCC3)C1. The highest BCUT2D eigenvalue weighted by Crippen LogP contribution is 2.22. The van der Waals surface area contributed by atoms with Crippen molar-refractivity contribution in [2.45, 2.75) is 19.4 Å². The van der Waals surface area contributed by atoms with Crippen molar-refractivity contribution in [1.82, 2.24) is 20.2 Å². The van der Waals surface area contributed by atoms with Gasteiger partial charge in [-0.05, 0) is 25.9 Å². The topological polar surface area (TPSA) is 79.1 Å². The molecule has 1 saturated heterocycles. The van der Waals surface area contributed by atoms with E-state index in [2.05, 4.69) is 32.5 Å². The lowest BCUT2D eigenvalue weighted by atomic mass is 10.1. The van der Waals surface area contributed by atoms with Crippen molar-refractivity contribution in [3.8, 4) is 0 Å². The molecule has 0 radical (unpaired) electrons. The van der Waals surface area contributed by atoms with Gasteiger partial charge < -0.3 is 21.3 Å². The number of nitrogen functional groups attached to an aromatic ring is 1. The summed E-state index contributed by atoms with van der Waals surface area (Å²) < 4.78 is 0. The summed E-state index contributed by atoms with van der Waals surface area (Å²) in [6, 6.07) is 0. The van der Waals surface area contributed by atoms with Crippen LogP contribution in [0, 0.1) is 5.92 Å². The van der Waals surface area contributed by atoms with Crippen molar-refractivity contribution in [2.24, 2.45) is 5.92 Å². The van der Waals surface area contributed by atoms with Crippen molar-refractivity contribution in [3.05, 3.63) is 11.3 Å². The average Bonchev–Trinajstić information content (AvgIpc) is 2.81. The molecule has 19 heavy (non-hydrogen) atoms. The van der Waals surface area contributed by atoms with E-state index in [1.54, 1.807) is 0 Å². The summed E-state index contributed by atoms with van der Waals surface area (Å²) in [5.74, 6) is 2.00. The molecule has 0 saturated carbocycles. The lowest BCUT2D eigenvalue weighted by Gasteiger charge is -2.21. The van der Waals surface area contributed by atoms with Gasteiger partial charge in [-0.1, -0.05) is 0 Å². The second-order valence-corrected chi connectivity index (χ2v) is 5.58. The van der Waals surface area contributed by atoms with E-state index in [4.69, 9.17) is 5.73 Å². The molecule has 0 aliphatic carbocycles. The third-order valence-electron chi connectivity index (χ3n) is 4.00. The maximum absolute atomic E-state index is 5.80. The summed E-state index contributed by atoms with van der Waals surface area (Å²) in [5.41, 5.74) is 8.08. The first-order chi connectivity index (χ1) is 9.22. The number of nitrogens with zero attached hydrogens (tertiary/aromatic N) is 3. The number of anilines is 2. The van der Waals surface area contributed by atoms with E-state index in [0.717, 1.165) is 44.1 Å². The lowest BCUT2D eigenvalue weighted by molar-refractivity contribution is 0.399. The van der Waals surface area contributed by atoms with Crippen molar-refractivity contribution in [2.75, 3.05) is 44.3 Å². The van der Waals surface area contributed by atoms with Crippen LogP contribution >= 0.6 is 0 Å². The number of nitrogens with one attached hydrogen (secondary N) is 2. The van der Waals surface area contributed by atoms with Gasteiger partial charge in [-0.2, -0.15) is 4.98 Å². The fourth-order valence-electron chi connectivity index (χ4n) is 2.94. The van der Waals surface area contributed by atoms with E-state index < -0.39 is 0 Å². The standard InChI is InChI=1S/C13H22N6/c1-19-5-3-9(8-19)6-16-12-10-7-15-4-2-11(10)17-13(14)18-12/h9,15H,2-8H2,1H3,(H3,14,16,17,18). The van der Waals surface area contributed by atoms with E-state index in [9.17, 15) is 0 Å². The summed E-state index contributed by atoms with van der Waals surface area (Å²) in [7, 11) is 2.18. The predicted octanol–water partition coefficient (Wildman–Crippen LogP) is 0.0681. The second-order valence-electron chi connectivity index (χ2n) is 5.58. The second kappa shape index (κ2) is 5.30. The molecule has 6 heteroatoms. The van der Waals surface area contributed by atoms with Gasteiger partial charge in [0, 0.05) is 38.2 Å². The van der Waals surface area contributed by atoms with Gasteiger partial charge in [0.15, 0.2) is 0 Å². The molecular formula is C13H22N6. The maximum atomic E-state index is 5.80. The van der Waals surface area contributed by atoms with Crippen LogP contribution in [0.3, 0.4) is 0 Å². The molecule has 1 atom stereocenters. The third-order valence-corrected chi connectivity index (χ3v) is 4.00. The molecule has 1 aromatic heterocycles. The van der Waals surface area contributed by atoms with E-state index in [0.29, 0.717) is 11.9 Å². The molecule has 2 aliphatic heterocycles. The van der Waals surface area contributed by atoms with Gasteiger partial charge in [0.1, 0.15) is 5.82 Å². The highest BCUT2D eigenvalue weighted by molar-refractivity contribution is 5.50. The van der Waals surface area contributed by atoms with Crippen molar-refractivity contribution < 1.29 is 0 Å². The predicted molar refractivity (Wildman–Crippen MR) is 75.9 cm³/mol. The van der Waals surface area contributed by atoms with E-state index >= 15 is 0 Å². The molecule has 0 amide bonds. The Bertz CT molecular complexity index is 461. The monoisotopic (exact) mass is 262 g/mol. The average molecular weight is 262 g/mol. The number of hydrogen-bond acceptors (Lipinski definition) is 6. The first-order valence-electron chi connectivity index (χ1n) is 7.01. The molecule has 1 fully saturated rings. The third kappa shape index (κ3) is 2.79. The van der Waals surface area contributed by atoms with Gasteiger partial charge >= 0.3 is 0 Å². The van der Waals surface area contributed by atoms with Crippen molar-refractivity contribution in [1.29, 1.82) is 0 Å². The fraction of sp³-hybridized carbons (Fsp3) is 0.692. The molecule has 1 aromatic rings. The highest BCUT2D eigenvalue weighted by Gasteiger charge is 2.21. The van der Waals surface area contributed by atoms with Crippen molar-refractivity contribution >= 4 is 11.8 Å². The van der Waals surface area contributed by atoms with Crippen LogP contribution in [0.2, 0.25) is 0 Å². The minimum absolute atomic E-state index is 0.381. The molecule has 4 N–H and O–H groups in total. The Morgan fingerprint density at radius 3 is 3.16 bits per heavy atom. The van der Waals surface area contributed by atoms with Crippen LogP contribution in [0.15, 0.2) is 0 Å².